The number of amides is 2. The van der Waals surface area contributed by atoms with Crippen LogP contribution in [0.5, 0.6) is 5.75 Å². The maximum atomic E-state index is 13.4. The first-order valence-electron chi connectivity index (χ1n) is 11.8. The number of halogens is 1. The molecule has 1 aromatic rings. The van der Waals surface area contributed by atoms with E-state index in [1.54, 1.807) is 17.0 Å². The second kappa shape index (κ2) is 10.7. The Morgan fingerprint density at radius 2 is 1.91 bits per heavy atom. The summed E-state index contributed by atoms with van der Waals surface area (Å²) < 4.78 is 33.6. The summed E-state index contributed by atoms with van der Waals surface area (Å²) in [5, 5.41) is 12.3. The van der Waals surface area contributed by atoms with Crippen LogP contribution in [0.4, 0.5) is 0 Å². The molecule has 10 nitrogen and oxygen atoms in total. The largest absolute Gasteiger partial charge is 0.495 e. The van der Waals surface area contributed by atoms with Crippen molar-refractivity contribution < 1.29 is 22.7 Å². The van der Waals surface area contributed by atoms with Crippen LogP contribution in [0, 0.1) is 23.2 Å². The Balaban J connectivity index is 1.35. The number of nitrogens with zero attached hydrogens (tertiary/aromatic N) is 4. The summed E-state index contributed by atoms with van der Waals surface area (Å²) >= 11 is 6.16. The fraction of sp³-hybridized carbons (Fsp3) is 0.609. The molecule has 4 rings (SSSR count). The van der Waals surface area contributed by atoms with Gasteiger partial charge in [-0.3, -0.25) is 9.59 Å². The predicted octanol–water partition coefficient (Wildman–Crippen LogP) is 1.37. The van der Waals surface area contributed by atoms with Crippen molar-refractivity contribution in [3.8, 4) is 11.8 Å². The molecular weight excluding hydrogens is 494 g/mol. The van der Waals surface area contributed by atoms with Crippen molar-refractivity contribution in [2.24, 2.45) is 11.8 Å². The Kier molecular flexibility index (Phi) is 7.86. The number of hydrogen-bond acceptors (Lipinski definition) is 6. The van der Waals surface area contributed by atoms with Gasteiger partial charge in [-0.2, -0.15) is 22.3 Å². The summed E-state index contributed by atoms with van der Waals surface area (Å²) in [7, 11) is -2.16. The van der Waals surface area contributed by atoms with Gasteiger partial charge < -0.3 is 15.0 Å². The van der Waals surface area contributed by atoms with Gasteiger partial charge in [0.1, 0.15) is 11.8 Å². The second-order valence-corrected chi connectivity index (χ2v) is 11.6. The standard InChI is InChI=1S/C23H30ClN5O5S/c1-34-21-7-6-16(10-19(21)24)12-26-22(30)20-5-3-9-29(20)23(31)18-4-2-8-27(15-18)35(32,33)28-13-17(11-25)14-28/h6-7,10,17-18,20H,2-5,8-9,12-15H2,1H3,(H,26,30)/t18-,20+/m0/s1. The van der Waals surface area contributed by atoms with E-state index in [4.69, 9.17) is 21.6 Å². The van der Waals surface area contributed by atoms with E-state index in [0.29, 0.717) is 43.1 Å². The predicted molar refractivity (Wildman–Crippen MR) is 128 cm³/mol. The molecule has 3 aliphatic rings. The molecule has 3 fully saturated rings. The highest BCUT2D eigenvalue weighted by Crippen LogP contribution is 2.29. The molecule has 2 atom stereocenters. The molecule has 0 unspecified atom stereocenters. The zero-order valence-corrected chi connectivity index (χ0v) is 21.2. The van der Waals surface area contributed by atoms with Gasteiger partial charge in [0.05, 0.1) is 30.0 Å². The minimum Gasteiger partial charge on any atom is -0.495 e. The lowest BCUT2D eigenvalue weighted by atomic mass is 9.97. The van der Waals surface area contributed by atoms with Crippen molar-refractivity contribution >= 4 is 33.6 Å². The first-order valence-corrected chi connectivity index (χ1v) is 13.6. The number of hydrogen-bond donors (Lipinski definition) is 1. The number of rotatable bonds is 7. The molecular formula is C23H30ClN5O5S. The van der Waals surface area contributed by atoms with Gasteiger partial charge in [0.2, 0.25) is 11.8 Å². The third-order valence-corrected chi connectivity index (χ3v) is 9.17. The number of nitrogens with one attached hydrogen (secondary N) is 1. The zero-order chi connectivity index (χ0) is 25.2. The van der Waals surface area contributed by atoms with Crippen LogP contribution in [0.1, 0.15) is 31.2 Å². The Morgan fingerprint density at radius 1 is 1.17 bits per heavy atom. The molecule has 2 amide bonds. The van der Waals surface area contributed by atoms with Gasteiger partial charge in [-0.05, 0) is 43.4 Å². The molecule has 12 heteroatoms. The number of methoxy groups -OCH3 is 1. The van der Waals surface area contributed by atoms with Gasteiger partial charge in [-0.25, -0.2) is 0 Å². The lowest BCUT2D eigenvalue weighted by Crippen LogP contribution is -2.57. The number of ether oxygens (including phenoxy) is 1. The Bertz CT molecular complexity index is 1120. The SMILES string of the molecule is COc1ccc(CNC(=O)[C@H]2CCCN2C(=O)[C@H]2CCCN(S(=O)(=O)N3CC(C#N)C3)C2)cc1Cl. The summed E-state index contributed by atoms with van der Waals surface area (Å²) in [6.45, 7) is 1.60. The molecule has 3 saturated heterocycles. The van der Waals surface area contributed by atoms with Crippen molar-refractivity contribution in [2.75, 3.05) is 39.8 Å². The van der Waals surface area contributed by atoms with Crippen molar-refractivity contribution in [2.45, 2.75) is 38.3 Å². The van der Waals surface area contributed by atoms with E-state index >= 15 is 0 Å². The molecule has 0 aromatic heterocycles. The topological polar surface area (TPSA) is 123 Å². The number of piperidine rings is 1. The molecule has 1 aromatic carbocycles. The van der Waals surface area contributed by atoms with Crippen LogP contribution in [-0.2, 0) is 26.3 Å². The Hall–Kier alpha value is -2.39. The normalized spacial score (nSPS) is 24.0. The Morgan fingerprint density at radius 3 is 2.60 bits per heavy atom. The number of likely N-dealkylation sites (tertiary alicyclic amines) is 1. The molecule has 35 heavy (non-hydrogen) atoms. The molecule has 1 N–H and O–H groups in total. The van der Waals surface area contributed by atoms with Crippen molar-refractivity contribution in [1.29, 1.82) is 5.26 Å². The minimum absolute atomic E-state index is 0.101. The van der Waals surface area contributed by atoms with E-state index in [1.165, 1.54) is 15.7 Å². The van der Waals surface area contributed by atoms with Gasteiger partial charge >= 0.3 is 0 Å². The van der Waals surface area contributed by atoms with Crippen LogP contribution in [0.3, 0.4) is 0 Å². The van der Waals surface area contributed by atoms with Crippen molar-refractivity contribution in [3.63, 3.8) is 0 Å². The fourth-order valence-corrected chi connectivity index (χ4v) is 6.96. The first kappa shape index (κ1) is 25.7. The number of carbonyl (C=O) groups is 2. The third-order valence-electron chi connectivity index (χ3n) is 6.94. The molecule has 0 spiro atoms. The number of carbonyl (C=O) groups excluding carboxylic acids is 2. The summed E-state index contributed by atoms with van der Waals surface area (Å²) in [6.07, 6.45) is 2.45. The summed E-state index contributed by atoms with van der Waals surface area (Å²) in [6, 6.07) is 6.78. The molecule has 0 radical (unpaired) electrons. The molecule has 0 aliphatic carbocycles. The van der Waals surface area contributed by atoms with E-state index in [2.05, 4.69) is 11.4 Å². The lowest BCUT2D eigenvalue weighted by Gasteiger charge is -2.41. The lowest BCUT2D eigenvalue weighted by molar-refractivity contribution is -0.142. The average molecular weight is 524 g/mol. The fourth-order valence-electron chi connectivity index (χ4n) is 4.89. The maximum Gasteiger partial charge on any atom is 0.282 e. The smallest absolute Gasteiger partial charge is 0.282 e. The molecule has 190 valence electrons. The van der Waals surface area contributed by atoms with E-state index in [9.17, 15) is 18.0 Å². The van der Waals surface area contributed by atoms with Crippen LogP contribution in [-0.4, -0.2) is 79.6 Å². The van der Waals surface area contributed by atoms with E-state index in [1.807, 2.05) is 6.07 Å². The van der Waals surface area contributed by atoms with Gasteiger partial charge in [0, 0.05) is 39.3 Å². The highest BCUT2D eigenvalue weighted by molar-refractivity contribution is 7.86. The monoisotopic (exact) mass is 523 g/mol. The van der Waals surface area contributed by atoms with Crippen molar-refractivity contribution in [1.82, 2.24) is 18.8 Å². The highest BCUT2D eigenvalue weighted by atomic mass is 35.5. The zero-order valence-electron chi connectivity index (χ0n) is 19.7. The summed E-state index contributed by atoms with van der Waals surface area (Å²) in [5.41, 5.74) is 0.817. The van der Waals surface area contributed by atoms with Gasteiger partial charge in [0.15, 0.2) is 0 Å². The van der Waals surface area contributed by atoms with Crippen LogP contribution in [0.2, 0.25) is 5.02 Å². The molecule has 0 bridgehead atoms. The maximum absolute atomic E-state index is 13.4. The quantitative estimate of drug-likeness (QED) is 0.575. The van der Waals surface area contributed by atoms with Crippen LogP contribution in [0.15, 0.2) is 18.2 Å². The van der Waals surface area contributed by atoms with Crippen LogP contribution in [0.25, 0.3) is 0 Å². The summed E-state index contributed by atoms with van der Waals surface area (Å²) in [5.74, 6) is -0.609. The minimum atomic E-state index is -3.69. The molecule has 0 saturated carbocycles. The average Bonchev–Trinajstić information content (AvgIpc) is 3.31. The molecule has 3 aliphatic heterocycles. The van der Waals surface area contributed by atoms with E-state index < -0.39 is 22.2 Å². The number of nitriles is 1. The third kappa shape index (κ3) is 5.40. The first-order chi connectivity index (χ1) is 16.7. The van der Waals surface area contributed by atoms with Crippen LogP contribution >= 0.6 is 11.6 Å². The van der Waals surface area contributed by atoms with Gasteiger partial charge in [0.25, 0.3) is 10.2 Å². The second-order valence-electron chi connectivity index (χ2n) is 9.22. The molecule has 3 heterocycles. The number of benzene rings is 1. The van der Waals surface area contributed by atoms with Gasteiger partial charge in [-0.15, -0.1) is 0 Å². The van der Waals surface area contributed by atoms with E-state index in [0.717, 1.165) is 12.0 Å². The summed E-state index contributed by atoms with van der Waals surface area (Å²) in [4.78, 5) is 27.9. The van der Waals surface area contributed by atoms with E-state index in [-0.39, 0.29) is 43.9 Å². The van der Waals surface area contributed by atoms with Crippen molar-refractivity contribution in [3.05, 3.63) is 28.8 Å². The van der Waals surface area contributed by atoms with Crippen LogP contribution < -0.4 is 10.1 Å². The highest BCUT2D eigenvalue weighted by Gasteiger charge is 2.44. The Labute approximate surface area is 210 Å². The van der Waals surface area contributed by atoms with Gasteiger partial charge in [-0.1, -0.05) is 17.7 Å².